The lowest BCUT2D eigenvalue weighted by molar-refractivity contribution is 0.793. The number of para-hydroxylation sites is 2. The molecule has 356 valence electrons. The van der Waals surface area contributed by atoms with E-state index in [0.29, 0.717) is 0 Å². The van der Waals surface area contributed by atoms with E-state index < -0.39 is 21.6 Å². The Balaban J connectivity index is 0.774. The summed E-state index contributed by atoms with van der Waals surface area (Å²) in [6, 6.07) is 88.9. The maximum absolute atomic E-state index is 2.50. The van der Waals surface area contributed by atoms with Gasteiger partial charge in [0.2, 0.25) is 0 Å². The van der Waals surface area contributed by atoms with Gasteiger partial charge < -0.3 is 9.80 Å². The summed E-state index contributed by atoms with van der Waals surface area (Å²) >= 11 is 0. The number of benzene rings is 10. The molecule has 4 heterocycles. The minimum atomic E-state index is -2.07. The van der Waals surface area contributed by atoms with Crippen LogP contribution in [0.4, 0.5) is 22.7 Å². The fourth-order valence-corrected chi connectivity index (χ4v) is 26.2. The maximum Gasteiger partial charge on any atom is 0.132 e. The highest BCUT2D eigenvalue weighted by atomic mass is 28.3. The summed E-state index contributed by atoms with van der Waals surface area (Å²) in [4.78, 5) is 4.91. The molecule has 3 spiro atoms. The Morgan fingerprint density at radius 2 is 0.627 bits per heavy atom. The van der Waals surface area contributed by atoms with Crippen LogP contribution >= 0.6 is 0 Å². The smallest absolute Gasteiger partial charge is 0.132 e. The first-order chi connectivity index (χ1) is 36.9. The predicted octanol–water partition coefficient (Wildman–Crippen LogP) is 13.4. The Bertz CT molecular complexity index is 3840. The van der Waals surface area contributed by atoms with Crippen LogP contribution in [0.5, 0.6) is 0 Å². The maximum atomic E-state index is 2.50. The van der Waals surface area contributed by atoms with Crippen LogP contribution in [0.15, 0.2) is 218 Å². The summed E-state index contributed by atoms with van der Waals surface area (Å²) < 4.78 is 0. The van der Waals surface area contributed by atoms with Crippen molar-refractivity contribution in [2.45, 2.75) is 29.6 Å². The summed E-state index contributed by atoms with van der Waals surface area (Å²) in [5.41, 5.74) is 26.7. The fourth-order valence-electron chi connectivity index (χ4n) is 15.3. The third kappa shape index (κ3) is 5.95. The van der Waals surface area contributed by atoms with E-state index >= 15 is 0 Å². The Morgan fingerprint density at radius 1 is 0.307 bits per heavy atom. The average molecular weight is 991 g/mol. The van der Waals surface area contributed by atoms with Crippen LogP contribution in [-0.2, 0) is 29.6 Å². The number of rotatable bonds is 4. The zero-order chi connectivity index (χ0) is 49.6. The molecule has 0 N–H and O–H groups in total. The minimum Gasteiger partial charge on any atom is -0.345 e. The van der Waals surface area contributed by atoms with Crippen LogP contribution in [0, 0.1) is 0 Å². The van der Waals surface area contributed by atoms with Crippen molar-refractivity contribution in [3.05, 3.63) is 285 Å². The molecule has 4 aliphatic heterocycles. The molecule has 0 bridgehead atoms. The molecule has 0 radical (unpaired) electrons. The molecule has 16 rings (SSSR count). The second kappa shape index (κ2) is 15.9. The van der Waals surface area contributed by atoms with E-state index in [9.17, 15) is 0 Å². The second-order valence-electron chi connectivity index (χ2n) is 22.2. The predicted molar refractivity (Wildman–Crippen MR) is 320 cm³/mol. The van der Waals surface area contributed by atoms with Crippen molar-refractivity contribution in [1.29, 1.82) is 0 Å². The monoisotopic (exact) mass is 990 g/mol. The summed E-state index contributed by atoms with van der Waals surface area (Å²) in [5.74, 6) is 0. The van der Waals surface area contributed by atoms with Crippen LogP contribution in [0.25, 0.3) is 46.6 Å². The van der Waals surface area contributed by atoms with Gasteiger partial charge in [-0.1, -0.05) is 206 Å². The molecule has 75 heavy (non-hydrogen) atoms. The Morgan fingerprint density at radius 3 is 1.05 bits per heavy atom. The summed E-state index contributed by atoms with van der Waals surface area (Å²) in [5, 5.41) is 6.28. The number of hydrogen-bond acceptors (Lipinski definition) is 2. The quantitative estimate of drug-likeness (QED) is 0.128. The van der Waals surface area contributed by atoms with Gasteiger partial charge in [-0.05, 0) is 170 Å². The van der Waals surface area contributed by atoms with Gasteiger partial charge in [-0.3, -0.25) is 0 Å². The molecular formula is C71H54N2Si2. The third-order valence-corrected chi connectivity index (χ3v) is 28.4. The number of nitrogens with zero attached hydrogens (tertiary/aromatic N) is 2. The van der Waals surface area contributed by atoms with Gasteiger partial charge in [0, 0.05) is 36.8 Å². The molecule has 2 nitrogen and oxygen atoms in total. The molecule has 0 amide bonds. The Hall–Kier alpha value is -8.29. The summed E-state index contributed by atoms with van der Waals surface area (Å²) in [6.07, 6.45) is 9.38. The first-order valence-electron chi connectivity index (χ1n) is 26.9. The summed E-state index contributed by atoms with van der Waals surface area (Å²) in [6.45, 7) is 0. The lowest BCUT2D eigenvalue weighted by Crippen LogP contribution is -2.64. The van der Waals surface area contributed by atoms with Crippen molar-refractivity contribution in [3.8, 4) is 22.3 Å². The highest BCUT2D eigenvalue weighted by Crippen LogP contribution is 2.63. The van der Waals surface area contributed by atoms with Crippen LogP contribution in [0.3, 0.4) is 0 Å². The second-order valence-corrected chi connectivity index (χ2v) is 30.1. The van der Waals surface area contributed by atoms with Crippen molar-refractivity contribution in [1.82, 2.24) is 0 Å². The first kappa shape index (κ1) is 43.1. The zero-order valence-electron chi connectivity index (χ0n) is 42.3. The molecule has 0 atom stereocenters. The molecule has 4 heteroatoms. The van der Waals surface area contributed by atoms with Crippen molar-refractivity contribution in [3.63, 3.8) is 0 Å². The average Bonchev–Trinajstić information content (AvgIpc) is 4.41. The molecule has 2 aliphatic carbocycles. The molecule has 0 fully saturated rings. The topological polar surface area (TPSA) is 6.48 Å². The molecule has 0 saturated heterocycles. The van der Waals surface area contributed by atoms with E-state index in [1.54, 1.807) is 20.7 Å². The molecule has 10 aromatic rings. The van der Waals surface area contributed by atoms with Gasteiger partial charge in [0.1, 0.15) is 16.1 Å². The van der Waals surface area contributed by atoms with Crippen molar-refractivity contribution in [2.24, 2.45) is 0 Å². The highest BCUT2D eigenvalue weighted by molar-refractivity contribution is 7.05. The molecule has 6 aliphatic rings. The number of fused-ring (bicyclic) bond motifs is 20. The Labute approximate surface area is 442 Å². The highest BCUT2D eigenvalue weighted by Gasteiger charge is 2.53. The van der Waals surface area contributed by atoms with E-state index in [-0.39, 0.29) is 0 Å². The van der Waals surface area contributed by atoms with Gasteiger partial charge in [-0.15, -0.1) is 0 Å². The first-order valence-corrected chi connectivity index (χ1v) is 31.7. The van der Waals surface area contributed by atoms with E-state index in [2.05, 4.69) is 267 Å². The normalized spacial score (nSPS) is 16.6. The van der Waals surface area contributed by atoms with Crippen LogP contribution in [0.1, 0.15) is 66.8 Å². The van der Waals surface area contributed by atoms with Gasteiger partial charge in [0.15, 0.2) is 0 Å². The Kier molecular flexibility index (Phi) is 9.13. The largest absolute Gasteiger partial charge is 0.345 e. The number of hydrogen-bond donors (Lipinski definition) is 0. The minimum absolute atomic E-state index is 0.453. The van der Waals surface area contributed by atoms with Crippen LogP contribution < -0.4 is 30.5 Å². The van der Waals surface area contributed by atoms with Crippen molar-refractivity contribution >= 4 is 83.9 Å². The standard InChI is InChI=1S/C71H54N2Si2/c1-72-63-23-11-13-25-67(63)74(43-51-15-3-4-16-52(51)44-74)69-37-33-49(41-65(69)72)29-27-47-31-35-57-58-36-32-48(40-62(58)71(61(57)39-47)59-21-9-7-19-55(59)56-20-8-10-22-60(56)71)28-30-50-34-38-70-66(42-50)73(2)64-24-12-14-26-68(64)75(70)45-53-17-5-6-18-54(53)46-75/h3-42H,43-46H2,1-2H3/b29-27+,30-28+. The molecule has 0 unspecified atom stereocenters. The van der Waals surface area contributed by atoms with Crippen molar-refractivity contribution in [2.75, 3.05) is 23.9 Å². The third-order valence-electron chi connectivity index (χ3n) is 18.6. The lowest BCUT2D eigenvalue weighted by Gasteiger charge is -2.41. The van der Waals surface area contributed by atoms with Gasteiger partial charge in [0.05, 0.1) is 5.41 Å². The fraction of sp³-hybridized carbons (Fsp3) is 0.0986. The summed E-state index contributed by atoms with van der Waals surface area (Å²) in [7, 11) is 0.396. The molecule has 0 saturated carbocycles. The molecule has 0 aromatic heterocycles. The van der Waals surface area contributed by atoms with E-state index in [4.69, 9.17) is 0 Å². The lowest BCUT2D eigenvalue weighted by atomic mass is 9.70. The van der Waals surface area contributed by atoms with E-state index in [1.807, 2.05) is 0 Å². The van der Waals surface area contributed by atoms with Crippen molar-refractivity contribution < 1.29 is 0 Å². The molecule has 10 aromatic carbocycles. The van der Waals surface area contributed by atoms with Gasteiger partial charge in [-0.25, -0.2) is 0 Å². The SMILES string of the molecule is CN1c2ccccc2[Si]2(Cc3ccccc3C2)c2ccc(/C=C/c3ccc4c(c3)C3(c5ccccc5-c5ccccc53)c3cc(/C=C/c5ccc6c(c5)N(C)c5ccccc5[Si]65Cc6ccccc6C5)ccc3-4)cc21. The van der Waals surface area contributed by atoms with Gasteiger partial charge in [-0.2, -0.15) is 0 Å². The van der Waals surface area contributed by atoms with E-state index in [1.165, 1.54) is 136 Å². The van der Waals surface area contributed by atoms with Crippen LogP contribution in [-0.4, -0.2) is 30.2 Å². The van der Waals surface area contributed by atoms with Gasteiger partial charge in [0.25, 0.3) is 0 Å². The van der Waals surface area contributed by atoms with E-state index in [0.717, 1.165) is 0 Å². The van der Waals surface area contributed by atoms with Gasteiger partial charge >= 0.3 is 0 Å². The van der Waals surface area contributed by atoms with Crippen LogP contribution in [0.2, 0.25) is 0 Å². The zero-order valence-corrected chi connectivity index (χ0v) is 44.3. The number of anilines is 4. The molecular weight excluding hydrogens is 937 g/mol.